The summed E-state index contributed by atoms with van der Waals surface area (Å²) in [5.41, 5.74) is 1.69. The summed E-state index contributed by atoms with van der Waals surface area (Å²) in [6.45, 7) is 0.228. The number of nitrogens with one attached hydrogen (secondary N) is 1. The molecule has 0 aliphatic heterocycles. The first-order valence-electron chi connectivity index (χ1n) is 8.95. The minimum absolute atomic E-state index is 0.0744. The van der Waals surface area contributed by atoms with E-state index >= 15 is 0 Å². The molecule has 0 fully saturated rings. The van der Waals surface area contributed by atoms with Crippen molar-refractivity contribution in [1.29, 1.82) is 5.26 Å². The first-order chi connectivity index (χ1) is 14.9. The number of hydrogen-bond donors (Lipinski definition) is 2. The molecule has 0 aromatic heterocycles. The number of halogens is 3. The monoisotopic (exact) mass is 516 g/mol. The largest absolute Gasteiger partial charge is 0.508 e. The van der Waals surface area contributed by atoms with Crippen LogP contribution in [0.15, 0.2) is 70.7 Å². The molecule has 0 atom stereocenters. The SMILES string of the molecule is N#C/C(=C/c1cc(Cl)c(OCc2ccccc2Cl)c(Br)c1)C(=O)Nc1ccc(O)cc1. The number of carbonyl (C=O) groups is 1. The summed E-state index contributed by atoms with van der Waals surface area (Å²) < 4.78 is 6.37. The Bertz CT molecular complexity index is 1170. The molecule has 0 aliphatic carbocycles. The van der Waals surface area contributed by atoms with Crippen molar-refractivity contribution >= 4 is 56.8 Å². The van der Waals surface area contributed by atoms with Crippen LogP contribution in [0, 0.1) is 11.3 Å². The number of nitriles is 1. The van der Waals surface area contributed by atoms with E-state index in [4.69, 9.17) is 27.9 Å². The van der Waals surface area contributed by atoms with Crippen molar-refractivity contribution < 1.29 is 14.6 Å². The number of benzene rings is 3. The molecule has 31 heavy (non-hydrogen) atoms. The number of aromatic hydroxyl groups is 1. The summed E-state index contributed by atoms with van der Waals surface area (Å²) in [6, 6.07) is 18.4. The Morgan fingerprint density at radius 1 is 1.13 bits per heavy atom. The summed E-state index contributed by atoms with van der Waals surface area (Å²) in [7, 11) is 0. The fourth-order valence-electron chi connectivity index (χ4n) is 2.62. The predicted molar refractivity (Wildman–Crippen MR) is 125 cm³/mol. The quantitative estimate of drug-likeness (QED) is 0.219. The summed E-state index contributed by atoms with van der Waals surface area (Å²) in [6.07, 6.45) is 1.42. The Morgan fingerprint density at radius 2 is 1.84 bits per heavy atom. The Labute approximate surface area is 197 Å². The highest BCUT2D eigenvalue weighted by atomic mass is 79.9. The lowest BCUT2D eigenvalue weighted by Gasteiger charge is -2.12. The molecule has 0 saturated heterocycles. The van der Waals surface area contributed by atoms with Gasteiger partial charge < -0.3 is 15.2 Å². The second-order valence-electron chi connectivity index (χ2n) is 6.36. The van der Waals surface area contributed by atoms with Gasteiger partial charge in [0.1, 0.15) is 24.0 Å². The zero-order valence-electron chi connectivity index (χ0n) is 15.9. The summed E-state index contributed by atoms with van der Waals surface area (Å²) in [4.78, 5) is 12.4. The van der Waals surface area contributed by atoms with E-state index in [0.29, 0.717) is 31.5 Å². The van der Waals surface area contributed by atoms with Crippen molar-refractivity contribution in [2.75, 3.05) is 5.32 Å². The van der Waals surface area contributed by atoms with Gasteiger partial charge in [-0.1, -0.05) is 41.4 Å². The molecule has 2 N–H and O–H groups in total. The normalized spacial score (nSPS) is 11.0. The van der Waals surface area contributed by atoms with Crippen molar-refractivity contribution in [1.82, 2.24) is 0 Å². The van der Waals surface area contributed by atoms with Gasteiger partial charge in [-0.2, -0.15) is 5.26 Å². The number of rotatable bonds is 6. The molecule has 3 rings (SSSR count). The highest BCUT2D eigenvalue weighted by Crippen LogP contribution is 2.36. The maximum absolute atomic E-state index is 12.4. The number of phenolic OH excluding ortho intramolecular Hbond substituents is 1. The molecular formula is C23H15BrCl2N2O3. The van der Waals surface area contributed by atoms with Gasteiger partial charge in [-0.25, -0.2) is 0 Å². The van der Waals surface area contributed by atoms with Crippen LogP contribution >= 0.6 is 39.1 Å². The lowest BCUT2D eigenvalue weighted by Crippen LogP contribution is -2.13. The van der Waals surface area contributed by atoms with Crippen LogP contribution in [-0.2, 0) is 11.4 Å². The average Bonchev–Trinajstić information content (AvgIpc) is 2.74. The van der Waals surface area contributed by atoms with Crippen LogP contribution in [0.3, 0.4) is 0 Å². The second-order valence-corrected chi connectivity index (χ2v) is 8.03. The summed E-state index contributed by atoms with van der Waals surface area (Å²) >= 11 is 15.9. The Kier molecular flexibility index (Phi) is 7.59. The predicted octanol–water partition coefficient (Wildman–Crippen LogP) is 6.59. The molecule has 0 radical (unpaired) electrons. The molecular weight excluding hydrogens is 503 g/mol. The van der Waals surface area contributed by atoms with Gasteiger partial charge in [-0.05, 0) is 70.0 Å². The van der Waals surface area contributed by atoms with Gasteiger partial charge in [0.25, 0.3) is 5.91 Å². The van der Waals surface area contributed by atoms with E-state index in [1.165, 1.54) is 30.3 Å². The van der Waals surface area contributed by atoms with E-state index < -0.39 is 5.91 Å². The third-order valence-corrected chi connectivity index (χ3v) is 5.39. The Balaban J connectivity index is 1.77. The first-order valence-corrected chi connectivity index (χ1v) is 10.5. The molecule has 0 bridgehead atoms. The van der Waals surface area contributed by atoms with Crippen LogP contribution in [0.25, 0.3) is 6.08 Å². The van der Waals surface area contributed by atoms with Crippen LogP contribution in [-0.4, -0.2) is 11.0 Å². The highest BCUT2D eigenvalue weighted by molar-refractivity contribution is 9.10. The maximum Gasteiger partial charge on any atom is 0.266 e. The standard InChI is InChI=1S/C23H15BrCl2N2O3/c24-19-10-14(9-16(12-27)23(30)28-17-5-7-18(29)8-6-17)11-21(26)22(19)31-13-15-3-1-2-4-20(15)25/h1-11,29H,13H2,(H,28,30)/b16-9-. The summed E-state index contributed by atoms with van der Waals surface area (Å²) in [5, 5.41) is 22.2. The van der Waals surface area contributed by atoms with Gasteiger partial charge in [0, 0.05) is 16.3 Å². The maximum atomic E-state index is 12.4. The number of nitrogens with zero attached hydrogens (tertiary/aromatic N) is 1. The van der Waals surface area contributed by atoms with E-state index in [1.54, 1.807) is 18.2 Å². The van der Waals surface area contributed by atoms with E-state index in [-0.39, 0.29) is 17.9 Å². The van der Waals surface area contributed by atoms with Crippen molar-refractivity contribution in [3.63, 3.8) is 0 Å². The molecule has 0 heterocycles. The van der Waals surface area contributed by atoms with E-state index in [0.717, 1.165) is 5.56 Å². The van der Waals surface area contributed by atoms with Crippen LogP contribution in [0.4, 0.5) is 5.69 Å². The fraction of sp³-hybridized carbons (Fsp3) is 0.0435. The molecule has 0 aliphatic rings. The number of hydrogen-bond acceptors (Lipinski definition) is 4. The number of phenols is 1. The third-order valence-electron chi connectivity index (χ3n) is 4.15. The van der Waals surface area contributed by atoms with Crippen molar-refractivity contribution in [2.24, 2.45) is 0 Å². The van der Waals surface area contributed by atoms with E-state index in [2.05, 4.69) is 21.2 Å². The zero-order valence-corrected chi connectivity index (χ0v) is 19.0. The number of anilines is 1. The molecule has 5 nitrogen and oxygen atoms in total. The van der Waals surface area contributed by atoms with Crippen LogP contribution < -0.4 is 10.1 Å². The fourth-order valence-corrected chi connectivity index (χ4v) is 3.80. The highest BCUT2D eigenvalue weighted by Gasteiger charge is 2.13. The lowest BCUT2D eigenvalue weighted by atomic mass is 10.1. The number of amides is 1. The number of carbonyl (C=O) groups excluding carboxylic acids is 1. The second kappa shape index (κ2) is 10.4. The molecule has 0 spiro atoms. The molecule has 0 saturated carbocycles. The van der Waals surface area contributed by atoms with Crippen LogP contribution in [0.1, 0.15) is 11.1 Å². The first kappa shape index (κ1) is 22.7. The minimum Gasteiger partial charge on any atom is -0.508 e. The molecule has 8 heteroatoms. The van der Waals surface area contributed by atoms with E-state index in [9.17, 15) is 15.2 Å². The van der Waals surface area contributed by atoms with Gasteiger partial charge in [0.15, 0.2) is 5.75 Å². The third kappa shape index (κ3) is 6.02. The Hall–Kier alpha value is -2.98. The minimum atomic E-state index is -0.584. The van der Waals surface area contributed by atoms with Gasteiger partial charge in [-0.15, -0.1) is 0 Å². The summed E-state index contributed by atoms with van der Waals surface area (Å²) in [5.74, 6) is -0.0874. The average molecular weight is 518 g/mol. The lowest BCUT2D eigenvalue weighted by molar-refractivity contribution is -0.112. The van der Waals surface area contributed by atoms with Crippen molar-refractivity contribution in [3.05, 3.63) is 91.9 Å². The molecule has 3 aromatic carbocycles. The topological polar surface area (TPSA) is 82.3 Å². The Morgan fingerprint density at radius 3 is 2.48 bits per heavy atom. The van der Waals surface area contributed by atoms with Crippen molar-refractivity contribution in [2.45, 2.75) is 6.61 Å². The molecule has 3 aromatic rings. The van der Waals surface area contributed by atoms with Crippen LogP contribution in [0.2, 0.25) is 10.0 Å². The molecule has 0 unspecified atom stereocenters. The zero-order chi connectivity index (χ0) is 22.4. The number of ether oxygens (including phenoxy) is 1. The van der Waals surface area contributed by atoms with Gasteiger partial charge in [0.2, 0.25) is 0 Å². The van der Waals surface area contributed by atoms with E-state index in [1.807, 2.05) is 24.3 Å². The van der Waals surface area contributed by atoms with Gasteiger partial charge >= 0.3 is 0 Å². The van der Waals surface area contributed by atoms with Crippen molar-refractivity contribution in [3.8, 4) is 17.6 Å². The smallest absolute Gasteiger partial charge is 0.266 e. The van der Waals surface area contributed by atoms with Gasteiger partial charge in [-0.3, -0.25) is 4.79 Å². The van der Waals surface area contributed by atoms with Crippen LogP contribution in [0.5, 0.6) is 11.5 Å². The van der Waals surface area contributed by atoms with Gasteiger partial charge in [0.05, 0.1) is 9.50 Å². The molecule has 156 valence electrons. The molecule has 1 amide bonds.